The molecule has 0 unspecified atom stereocenters. The summed E-state index contributed by atoms with van der Waals surface area (Å²) >= 11 is 0. The summed E-state index contributed by atoms with van der Waals surface area (Å²) in [6.07, 6.45) is 0.892. The molecule has 50 heavy (non-hydrogen) atoms. The number of nitrogens with one attached hydrogen (secondary N) is 2. The van der Waals surface area contributed by atoms with Crippen molar-refractivity contribution in [2.24, 2.45) is 0 Å². The SMILES string of the molecule is CC(C)(C)[Si](C)(C)OCCCCN1CCCNC(=O)C[C@H](NC(=O)OCc2ccccc2)c2ccc3c(c2)[C@@H](C1=O)[C@H](c1ccc(O)cc1)O3. The van der Waals surface area contributed by atoms with E-state index in [-0.39, 0.29) is 35.6 Å². The second-order valence-corrected chi connectivity index (χ2v) is 19.5. The minimum absolute atomic E-state index is 0.00196. The van der Waals surface area contributed by atoms with Crippen molar-refractivity contribution in [1.82, 2.24) is 15.5 Å². The van der Waals surface area contributed by atoms with Crippen molar-refractivity contribution in [2.75, 3.05) is 26.2 Å². The van der Waals surface area contributed by atoms with Gasteiger partial charge in [-0.3, -0.25) is 9.59 Å². The molecule has 11 heteroatoms. The van der Waals surface area contributed by atoms with Gasteiger partial charge in [-0.1, -0.05) is 69.3 Å². The van der Waals surface area contributed by atoms with Crippen LogP contribution in [0.1, 0.15) is 86.8 Å². The van der Waals surface area contributed by atoms with E-state index in [1.54, 1.807) is 30.3 Å². The molecule has 10 nitrogen and oxygen atoms in total. The quantitative estimate of drug-likeness (QED) is 0.152. The van der Waals surface area contributed by atoms with Crippen LogP contribution in [0.3, 0.4) is 0 Å². The Labute approximate surface area is 296 Å². The maximum absolute atomic E-state index is 14.7. The molecule has 0 radical (unpaired) electrons. The van der Waals surface area contributed by atoms with Crippen molar-refractivity contribution in [3.8, 4) is 11.5 Å². The molecule has 3 N–H and O–H groups in total. The van der Waals surface area contributed by atoms with E-state index in [0.29, 0.717) is 49.5 Å². The van der Waals surface area contributed by atoms with Crippen LogP contribution in [0.4, 0.5) is 4.79 Å². The second kappa shape index (κ2) is 16.1. The third-order valence-electron chi connectivity index (χ3n) is 10.0. The molecular formula is C39H51N3O7Si. The summed E-state index contributed by atoms with van der Waals surface area (Å²) in [6.45, 7) is 13.3. The molecule has 0 aliphatic carbocycles. The summed E-state index contributed by atoms with van der Waals surface area (Å²) in [4.78, 5) is 42.7. The molecule has 0 saturated heterocycles. The van der Waals surface area contributed by atoms with Gasteiger partial charge in [0, 0.05) is 31.8 Å². The predicted molar refractivity (Wildman–Crippen MR) is 194 cm³/mol. The Kier molecular flexibility index (Phi) is 11.9. The predicted octanol–water partition coefficient (Wildman–Crippen LogP) is 7.12. The minimum atomic E-state index is -1.88. The molecule has 2 bridgehead atoms. The fourth-order valence-corrected chi connectivity index (χ4v) is 7.17. The molecule has 2 heterocycles. The average molecular weight is 702 g/mol. The molecule has 3 aromatic rings. The molecule has 268 valence electrons. The Morgan fingerprint density at radius 1 is 1.02 bits per heavy atom. The number of phenolic OH excluding ortho intramolecular Hbond substituents is 1. The molecule has 0 spiro atoms. The minimum Gasteiger partial charge on any atom is -0.508 e. The highest BCUT2D eigenvalue weighted by atomic mass is 28.4. The summed E-state index contributed by atoms with van der Waals surface area (Å²) in [7, 11) is -1.88. The van der Waals surface area contributed by atoms with Gasteiger partial charge >= 0.3 is 6.09 Å². The largest absolute Gasteiger partial charge is 0.508 e. The first-order valence-electron chi connectivity index (χ1n) is 17.6. The lowest BCUT2D eigenvalue weighted by Gasteiger charge is -2.36. The lowest BCUT2D eigenvalue weighted by molar-refractivity contribution is -0.134. The third-order valence-corrected chi connectivity index (χ3v) is 14.6. The van der Waals surface area contributed by atoms with E-state index >= 15 is 0 Å². The first-order valence-corrected chi connectivity index (χ1v) is 20.5. The van der Waals surface area contributed by atoms with Crippen LogP contribution in [0.25, 0.3) is 0 Å². The Hall–Kier alpha value is -4.35. The van der Waals surface area contributed by atoms with Crippen LogP contribution in [0.5, 0.6) is 11.5 Å². The first-order chi connectivity index (χ1) is 23.8. The van der Waals surface area contributed by atoms with E-state index in [1.165, 1.54) is 0 Å². The molecular weight excluding hydrogens is 651 g/mol. The summed E-state index contributed by atoms with van der Waals surface area (Å²) in [6, 6.07) is 20.9. The summed E-state index contributed by atoms with van der Waals surface area (Å²) in [5, 5.41) is 16.0. The molecule has 0 aromatic heterocycles. The molecule has 2 aliphatic rings. The standard InChI is InChI=1S/C39H51N3O7Si/c1-39(2,3)50(4,5)48-23-10-9-21-42-22-11-20-40-34(44)25-32(41-38(46)47-26-27-12-7-6-8-13-27)29-16-19-33-31(24-29)35(37(42)45)36(49-33)28-14-17-30(43)18-15-28/h6-8,12-19,24,32,35-36,43H,9-11,20-23,25-26H2,1-5H3,(H,40,44)(H,41,46)/t32-,35+,36-/m0/s1. The number of hydrogen-bond donors (Lipinski definition) is 3. The highest BCUT2D eigenvalue weighted by Gasteiger charge is 2.43. The molecule has 3 atom stereocenters. The van der Waals surface area contributed by atoms with Gasteiger partial charge in [0.2, 0.25) is 11.8 Å². The Morgan fingerprint density at radius 3 is 2.46 bits per heavy atom. The van der Waals surface area contributed by atoms with E-state index in [9.17, 15) is 19.5 Å². The number of carbonyl (C=O) groups excluding carboxylic acids is 3. The molecule has 0 fully saturated rings. The molecule has 2 aliphatic heterocycles. The van der Waals surface area contributed by atoms with Gasteiger partial charge < -0.3 is 34.5 Å². The number of hydrogen-bond acceptors (Lipinski definition) is 7. The number of carbonyl (C=O) groups is 3. The van der Waals surface area contributed by atoms with Gasteiger partial charge in [-0.2, -0.15) is 0 Å². The number of nitrogens with zero attached hydrogens (tertiary/aromatic N) is 1. The van der Waals surface area contributed by atoms with E-state index in [4.69, 9.17) is 13.9 Å². The third kappa shape index (κ3) is 9.25. The number of benzene rings is 3. The zero-order valence-corrected chi connectivity index (χ0v) is 30.9. The number of phenols is 1. The van der Waals surface area contributed by atoms with Crippen molar-refractivity contribution in [1.29, 1.82) is 0 Å². The Bertz CT molecular complexity index is 1620. The van der Waals surface area contributed by atoms with E-state index in [0.717, 1.165) is 24.0 Å². The van der Waals surface area contributed by atoms with Crippen LogP contribution in [-0.2, 0) is 25.4 Å². The normalized spacial score (nSPS) is 19.8. The van der Waals surface area contributed by atoms with Gasteiger partial charge in [0.25, 0.3) is 0 Å². The maximum atomic E-state index is 14.7. The van der Waals surface area contributed by atoms with E-state index in [2.05, 4.69) is 44.5 Å². The van der Waals surface area contributed by atoms with Gasteiger partial charge in [-0.05, 0) is 78.4 Å². The number of unbranched alkanes of at least 4 members (excludes halogenated alkanes) is 1. The number of ether oxygens (including phenoxy) is 2. The Balaban J connectivity index is 1.40. The van der Waals surface area contributed by atoms with E-state index < -0.39 is 32.5 Å². The van der Waals surface area contributed by atoms with Crippen LogP contribution in [0, 0.1) is 0 Å². The second-order valence-electron chi connectivity index (χ2n) is 14.7. The highest BCUT2D eigenvalue weighted by Crippen LogP contribution is 2.48. The Morgan fingerprint density at radius 2 is 1.74 bits per heavy atom. The van der Waals surface area contributed by atoms with Crippen molar-refractivity contribution < 1.29 is 33.4 Å². The fourth-order valence-electron chi connectivity index (χ4n) is 6.08. The van der Waals surface area contributed by atoms with Gasteiger partial charge in [0.15, 0.2) is 8.32 Å². The zero-order chi connectivity index (χ0) is 35.9. The average Bonchev–Trinajstić information content (AvgIpc) is 3.46. The molecule has 3 aromatic carbocycles. The van der Waals surface area contributed by atoms with Gasteiger partial charge in [0.05, 0.1) is 12.5 Å². The monoisotopic (exact) mass is 701 g/mol. The molecule has 3 amide bonds. The van der Waals surface area contributed by atoms with Crippen molar-refractivity contribution >= 4 is 26.2 Å². The van der Waals surface area contributed by atoms with Gasteiger partial charge in [-0.15, -0.1) is 0 Å². The molecule has 0 saturated carbocycles. The highest BCUT2D eigenvalue weighted by molar-refractivity contribution is 6.74. The lowest BCUT2D eigenvalue weighted by atomic mass is 9.87. The smallest absolute Gasteiger partial charge is 0.407 e. The van der Waals surface area contributed by atoms with Crippen LogP contribution in [-0.4, -0.2) is 62.5 Å². The van der Waals surface area contributed by atoms with Gasteiger partial charge in [0.1, 0.15) is 30.1 Å². The van der Waals surface area contributed by atoms with Crippen LogP contribution >= 0.6 is 0 Å². The van der Waals surface area contributed by atoms with Crippen LogP contribution in [0.15, 0.2) is 72.8 Å². The summed E-state index contributed by atoms with van der Waals surface area (Å²) in [5.74, 6) is -0.263. The summed E-state index contributed by atoms with van der Waals surface area (Å²) in [5.41, 5.74) is 2.97. The lowest BCUT2D eigenvalue weighted by Crippen LogP contribution is -2.41. The fraction of sp³-hybridized carbons (Fsp3) is 0.462. The number of aromatic hydroxyl groups is 1. The van der Waals surface area contributed by atoms with Crippen molar-refractivity contribution in [3.63, 3.8) is 0 Å². The summed E-state index contributed by atoms with van der Waals surface area (Å²) < 4.78 is 18.4. The zero-order valence-electron chi connectivity index (χ0n) is 29.9. The molecule has 5 rings (SSSR count). The van der Waals surface area contributed by atoms with Crippen molar-refractivity contribution in [2.45, 2.75) is 89.3 Å². The number of rotatable bonds is 10. The first kappa shape index (κ1) is 36.9. The number of alkyl carbamates (subject to hydrolysis) is 1. The van der Waals surface area contributed by atoms with Crippen LogP contribution in [0.2, 0.25) is 18.1 Å². The maximum Gasteiger partial charge on any atom is 0.407 e. The van der Waals surface area contributed by atoms with E-state index in [1.807, 2.05) is 47.4 Å². The van der Waals surface area contributed by atoms with Crippen molar-refractivity contribution in [3.05, 3.63) is 95.1 Å². The number of fused-ring (bicyclic) bond motifs is 1. The van der Waals surface area contributed by atoms with Crippen LogP contribution < -0.4 is 15.4 Å². The topological polar surface area (TPSA) is 126 Å². The number of amides is 3. The van der Waals surface area contributed by atoms with Gasteiger partial charge in [-0.25, -0.2) is 4.79 Å².